The van der Waals surface area contributed by atoms with Gasteiger partial charge in [-0.05, 0) is 35.9 Å². The third kappa shape index (κ3) is 2.23. The van der Waals surface area contributed by atoms with Crippen molar-refractivity contribution in [2.45, 2.75) is 0 Å². The van der Waals surface area contributed by atoms with E-state index in [2.05, 4.69) is 11.2 Å². The zero-order chi connectivity index (χ0) is 14.1. The summed E-state index contributed by atoms with van der Waals surface area (Å²) in [4.78, 5) is 0. The normalized spacial score (nSPS) is 10.7. The molecule has 4 heteroatoms. The van der Waals surface area contributed by atoms with Crippen LogP contribution < -0.4 is 11.5 Å². The first-order valence-electron chi connectivity index (χ1n) is 6.39. The number of nitrogens with zero attached hydrogens (tertiary/aromatic N) is 2. The van der Waals surface area contributed by atoms with Crippen LogP contribution >= 0.6 is 0 Å². The minimum Gasteiger partial charge on any atom is -0.399 e. The van der Waals surface area contributed by atoms with Crippen LogP contribution in [0.15, 0.2) is 54.6 Å². The smallest absolute Gasteiger partial charge is 0.0929 e. The lowest BCUT2D eigenvalue weighted by Gasteiger charge is -2.01. The van der Waals surface area contributed by atoms with E-state index >= 15 is 0 Å². The molecule has 0 amide bonds. The molecule has 4 nitrogen and oxygen atoms in total. The van der Waals surface area contributed by atoms with Crippen molar-refractivity contribution in [3.63, 3.8) is 0 Å². The van der Waals surface area contributed by atoms with E-state index in [1.807, 2.05) is 60.3 Å². The number of hydrogen-bond donors (Lipinski definition) is 2. The molecule has 1 aromatic heterocycles. The van der Waals surface area contributed by atoms with E-state index in [0.29, 0.717) is 0 Å². The largest absolute Gasteiger partial charge is 0.399 e. The Hall–Kier alpha value is -2.75. The molecule has 3 rings (SSSR count). The average Bonchev–Trinajstić information content (AvgIpc) is 2.82. The van der Waals surface area contributed by atoms with Gasteiger partial charge in [0.05, 0.1) is 11.4 Å². The highest BCUT2D eigenvalue weighted by molar-refractivity contribution is 5.70. The summed E-state index contributed by atoms with van der Waals surface area (Å²) in [5.74, 6) is 0. The summed E-state index contributed by atoms with van der Waals surface area (Å²) in [6.07, 6.45) is 0. The zero-order valence-electron chi connectivity index (χ0n) is 11.2. The highest BCUT2D eigenvalue weighted by atomic mass is 15.3. The van der Waals surface area contributed by atoms with Crippen LogP contribution in [0.4, 0.5) is 11.4 Å². The summed E-state index contributed by atoms with van der Waals surface area (Å²) < 4.78 is 1.87. The van der Waals surface area contributed by atoms with Crippen molar-refractivity contribution in [2.75, 3.05) is 11.5 Å². The number of benzene rings is 2. The molecule has 4 N–H and O–H groups in total. The van der Waals surface area contributed by atoms with Crippen LogP contribution in [0.1, 0.15) is 0 Å². The van der Waals surface area contributed by atoms with Crippen molar-refractivity contribution in [3.05, 3.63) is 54.6 Å². The second-order valence-electron chi connectivity index (χ2n) is 4.78. The number of anilines is 2. The highest BCUT2D eigenvalue weighted by Crippen LogP contribution is 2.26. The van der Waals surface area contributed by atoms with Gasteiger partial charge in [-0.2, -0.15) is 5.10 Å². The van der Waals surface area contributed by atoms with E-state index in [1.165, 1.54) is 0 Å². The molecular formula is C16H16N4. The van der Waals surface area contributed by atoms with Gasteiger partial charge in [0.1, 0.15) is 0 Å². The van der Waals surface area contributed by atoms with E-state index in [-0.39, 0.29) is 0 Å². The first-order valence-corrected chi connectivity index (χ1v) is 6.39. The monoisotopic (exact) mass is 264 g/mol. The standard InChI is InChI=1S/C16H16N4/c1-20-16(12-4-8-14(18)9-5-12)10-15(19-20)11-2-6-13(17)7-3-11/h2-10H,17-18H2,1H3. The number of nitrogen functional groups attached to an aromatic ring is 2. The lowest BCUT2D eigenvalue weighted by molar-refractivity contribution is 0.779. The number of aryl methyl sites for hydroxylation is 1. The average molecular weight is 264 g/mol. The topological polar surface area (TPSA) is 69.9 Å². The van der Waals surface area contributed by atoms with Gasteiger partial charge in [-0.15, -0.1) is 0 Å². The van der Waals surface area contributed by atoms with Crippen molar-refractivity contribution >= 4 is 11.4 Å². The van der Waals surface area contributed by atoms with E-state index in [9.17, 15) is 0 Å². The molecule has 100 valence electrons. The molecule has 0 saturated carbocycles. The summed E-state index contributed by atoms with van der Waals surface area (Å²) in [5, 5.41) is 4.55. The van der Waals surface area contributed by atoms with Gasteiger partial charge >= 0.3 is 0 Å². The molecule has 0 aliphatic rings. The van der Waals surface area contributed by atoms with E-state index in [4.69, 9.17) is 11.5 Å². The maximum absolute atomic E-state index is 5.72. The predicted molar refractivity (Wildman–Crippen MR) is 82.9 cm³/mol. The summed E-state index contributed by atoms with van der Waals surface area (Å²) in [6, 6.07) is 17.6. The van der Waals surface area contributed by atoms with E-state index in [1.54, 1.807) is 0 Å². The van der Waals surface area contributed by atoms with Gasteiger partial charge in [-0.1, -0.05) is 24.3 Å². The van der Waals surface area contributed by atoms with Crippen LogP contribution in [0.25, 0.3) is 22.5 Å². The van der Waals surface area contributed by atoms with Crippen molar-refractivity contribution < 1.29 is 0 Å². The summed E-state index contributed by atoms with van der Waals surface area (Å²) >= 11 is 0. The van der Waals surface area contributed by atoms with Gasteiger partial charge in [0, 0.05) is 24.0 Å². The van der Waals surface area contributed by atoms with Gasteiger partial charge in [0.2, 0.25) is 0 Å². The highest BCUT2D eigenvalue weighted by Gasteiger charge is 2.08. The molecule has 3 aromatic rings. The summed E-state index contributed by atoms with van der Waals surface area (Å²) in [5.41, 5.74) is 17.1. The van der Waals surface area contributed by atoms with Crippen molar-refractivity contribution in [1.82, 2.24) is 9.78 Å². The molecule has 20 heavy (non-hydrogen) atoms. The second-order valence-corrected chi connectivity index (χ2v) is 4.78. The maximum atomic E-state index is 5.72. The van der Waals surface area contributed by atoms with Crippen molar-refractivity contribution in [1.29, 1.82) is 0 Å². The minimum absolute atomic E-state index is 0.753. The molecule has 0 radical (unpaired) electrons. The molecule has 1 heterocycles. The first-order chi connectivity index (χ1) is 9.63. The minimum atomic E-state index is 0.753. The lowest BCUT2D eigenvalue weighted by Crippen LogP contribution is -1.94. The molecule has 0 spiro atoms. The fourth-order valence-corrected chi connectivity index (χ4v) is 2.19. The Kier molecular flexibility index (Phi) is 2.91. The second kappa shape index (κ2) is 4.74. The maximum Gasteiger partial charge on any atom is 0.0929 e. The molecule has 0 bridgehead atoms. The van der Waals surface area contributed by atoms with Crippen LogP contribution in [0.2, 0.25) is 0 Å². The first kappa shape index (κ1) is 12.3. The fourth-order valence-electron chi connectivity index (χ4n) is 2.19. The van der Waals surface area contributed by atoms with Crippen LogP contribution in [0, 0.1) is 0 Å². The predicted octanol–water partition coefficient (Wildman–Crippen LogP) is 2.92. The molecule has 0 aliphatic carbocycles. The summed E-state index contributed by atoms with van der Waals surface area (Å²) in [7, 11) is 1.94. The Bertz CT molecular complexity index is 724. The number of aromatic nitrogens is 2. The Morgan fingerprint density at radius 1 is 0.800 bits per heavy atom. The third-order valence-electron chi connectivity index (χ3n) is 3.29. The molecule has 2 aromatic carbocycles. The third-order valence-corrected chi connectivity index (χ3v) is 3.29. The molecule has 0 aliphatic heterocycles. The van der Waals surface area contributed by atoms with Crippen molar-refractivity contribution in [2.24, 2.45) is 7.05 Å². The fraction of sp³-hybridized carbons (Fsp3) is 0.0625. The van der Waals surface area contributed by atoms with Crippen LogP contribution in [0.3, 0.4) is 0 Å². The zero-order valence-corrected chi connectivity index (χ0v) is 11.2. The van der Waals surface area contributed by atoms with Gasteiger partial charge < -0.3 is 11.5 Å². The Morgan fingerprint density at radius 3 is 1.85 bits per heavy atom. The van der Waals surface area contributed by atoms with E-state index in [0.717, 1.165) is 33.9 Å². The lowest BCUT2D eigenvalue weighted by atomic mass is 10.1. The molecular weight excluding hydrogens is 248 g/mol. The number of rotatable bonds is 2. The Morgan fingerprint density at radius 2 is 1.30 bits per heavy atom. The molecule has 0 unspecified atom stereocenters. The van der Waals surface area contributed by atoms with Crippen LogP contribution in [-0.2, 0) is 7.05 Å². The Balaban J connectivity index is 2.02. The molecule has 0 saturated heterocycles. The van der Waals surface area contributed by atoms with Crippen LogP contribution in [-0.4, -0.2) is 9.78 Å². The van der Waals surface area contributed by atoms with Gasteiger partial charge in [0.15, 0.2) is 0 Å². The Labute approximate surface area is 117 Å². The van der Waals surface area contributed by atoms with Gasteiger partial charge in [-0.3, -0.25) is 4.68 Å². The van der Waals surface area contributed by atoms with Gasteiger partial charge in [0.25, 0.3) is 0 Å². The van der Waals surface area contributed by atoms with Crippen LogP contribution in [0.5, 0.6) is 0 Å². The number of hydrogen-bond acceptors (Lipinski definition) is 3. The molecule has 0 fully saturated rings. The van der Waals surface area contributed by atoms with Crippen molar-refractivity contribution in [3.8, 4) is 22.5 Å². The SMILES string of the molecule is Cn1nc(-c2ccc(N)cc2)cc1-c1ccc(N)cc1. The van der Waals surface area contributed by atoms with E-state index < -0.39 is 0 Å². The van der Waals surface area contributed by atoms with Gasteiger partial charge in [-0.25, -0.2) is 0 Å². The summed E-state index contributed by atoms with van der Waals surface area (Å²) in [6.45, 7) is 0. The molecule has 0 atom stereocenters. The number of nitrogens with two attached hydrogens (primary N) is 2. The quantitative estimate of drug-likeness (QED) is 0.699.